The largest absolute Gasteiger partial charge is 0.351 e. The van der Waals surface area contributed by atoms with Gasteiger partial charge in [0.05, 0.1) is 4.90 Å². The van der Waals surface area contributed by atoms with Crippen molar-refractivity contribution in [2.24, 2.45) is 0 Å². The Hall–Kier alpha value is -1.89. The molecule has 1 saturated heterocycles. The predicted octanol–water partition coefficient (Wildman–Crippen LogP) is 2.81. The van der Waals surface area contributed by atoms with Crippen molar-refractivity contribution in [1.29, 1.82) is 0 Å². The quantitative estimate of drug-likeness (QED) is 0.869. The number of carbonyl (C=O) groups excluding carboxylic acids is 1. The van der Waals surface area contributed by atoms with Crippen LogP contribution in [0.4, 0.5) is 0 Å². The summed E-state index contributed by atoms with van der Waals surface area (Å²) in [4.78, 5) is 12.8. The average molecular weight is 379 g/mol. The Balaban J connectivity index is 1.72. The summed E-state index contributed by atoms with van der Waals surface area (Å²) in [5, 5.41) is 3.42. The van der Waals surface area contributed by atoms with Gasteiger partial charge >= 0.3 is 0 Å². The summed E-state index contributed by atoms with van der Waals surface area (Å²) in [6.07, 6.45) is 1.19. The van der Waals surface area contributed by atoms with Crippen LogP contribution in [0.2, 0.25) is 5.02 Å². The van der Waals surface area contributed by atoms with E-state index in [1.165, 1.54) is 4.31 Å². The summed E-state index contributed by atoms with van der Waals surface area (Å²) in [6, 6.07) is 14.7. The molecule has 0 saturated carbocycles. The first-order chi connectivity index (χ1) is 12.0. The van der Waals surface area contributed by atoms with Gasteiger partial charge < -0.3 is 5.32 Å². The highest BCUT2D eigenvalue weighted by Crippen LogP contribution is 2.26. The first kappa shape index (κ1) is 17.9. The van der Waals surface area contributed by atoms with Crippen LogP contribution in [0.25, 0.3) is 0 Å². The lowest BCUT2D eigenvalue weighted by Crippen LogP contribution is -2.45. The fourth-order valence-corrected chi connectivity index (χ4v) is 4.86. The van der Waals surface area contributed by atoms with Gasteiger partial charge in [-0.1, -0.05) is 41.9 Å². The molecule has 3 rings (SSSR count). The van der Waals surface area contributed by atoms with Crippen molar-refractivity contribution in [3.63, 3.8) is 0 Å². The normalized spacial score (nSPS) is 18.2. The maximum atomic E-state index is 12.8. The van der Waals surface area contributed by atoms with E-state index in [0.29, 0.717) is 31.0 Å². The average Bonchev–Trinajstić information content (AvgIpc) is 3.11. The molecule has 7 heteroatoms. The Morgan fingerprint density at radius 1 is 1.16 bits per heavy atom. The van der Waals surface area contributed by atoms with Crippen LogP contribution < -0.4 is 5.32 Å². The highest BCUT2D eigenvalue weighted by Gasteiger charge is 2.39. The molecule has 25 heavy (non-hydrogen) atoms. The molecular weight excluding hydrogens is 360 g/mol. The van der Waals surface area contributed by atoms with E-state index in [-0.39, 0.29) is 10.8 Å². The molecule has 132 valence electrons. The van der Waals surface area contributed by atoms with Crippen molar-refractivity contribution < 1.29 is 13.2 Å². The van der Waals surface area contributed by atoms with Crippen molar-refractivity contribution in [3.05, 3.63) is 65.2 Å². The Labute approximate surface area is 152 Å². The number of amides is 1. The standard InChI is InChI=1S/C18H19ClN2O3S/c19-15-7-4-6-14(12-15)13-20-18(22)17-10-5-11-21(17)25(23,24)16-8-2-1-3-9-16/h1-4,6-9,12,17H,5,10-11,13H2,(H,20,22). The maximum absolute atomic E-state index is 12.8. The van der Waals surface area contributed by atoms with E-state index in [4.69, 9.17) is 11.6 Å². The minimum atomic E-state index is -3.67. The van der Waals surface area contributed by atoms with Gasteiger partial charge in [-0.3, -0.25) is 4.79 Å². The van der Waals surface area contributed by atoms with Gasteiger partial charge in [-0.2, -0.15) is 4.31 Å². The molecule has 2 aromatic carbocycles. The summed E-state index contributed by atoms with van der Waals surface area (Å²) in [5.41, 5.74) is 0.872. The SMILES string of the molecule is O=C(NCc1cccc(Cl)c1)C1CCCN1S(=O)(=O)c1ccccc1. The van der Waals surface area contributed by atoms with Crippen LogP contribution in [-0.2, 0) is 21.4 Å². The topological polar surface area (TPSA) is 66.5 Å². The van der Waals surface area contributed by atoms with Crippen molar-refractivity contribution >= 4 is 27.5 Å². The second-order valence-corrected chi connectivity index (χ2v) is 8.26. The van der Waals surface area contributed by atoms with Crippen LogP contribution in [0.1, 0.15) is 18.4 Å². The number of nitrogens with zero attached hydrogens (tertiary/aromatic N) is 1. The number of halogens is 1. The molecule has 0 aromatic heterocycles. The Morgan fingerprint density at radius 3 is 2.64 bits per heavy atom. The number of hydrogen-bond donors (Lipinski definition) is 1. The van der Waals surface area contributed by atoms with Crippen LogP contribution in [0.15, 0.2) is 59.5 Å². The van der Waals surface area contributed by atoms with Crippen molar-refractivity contribution in [1.82, 2.24) is 9.62 Å². The predicted molar refractivity (Wildman–Crippen MR) is 96.7 cm³/mol. The van der Waals surface area contributed by atoms with Crippen LogP contribution in [0.3, 0.4) is 0 Å². The Bertz CT molecular complexity index is 856. The van der Waals surface area contributed by atoms with Crippen LogP contribution in [-0.4, -0.2) is 31.2 Å². The number of hydrogen-bond acceptors (Lipinski definition) is 3. The van der Waals surface area contributed by atoms with Crippen LogP contribution >= 0.6 is 11.6 Å². The van der Waals surface area contributed by atoms with Crippen LogP contribution in [0.5, 0.6) is 0 Å². The van der Waals surface area contributed by atoms with Gasteiger partial charge in [0.2, 0.25) is 15.9 Å². The monoisotopic (exact) mass is 378 g/mol. The third-order valence-electron chi connectivity index (χ3n) is 4.21. The molecule has 1 aliphatic rings. The van der Waals surface area contributed by atoms with E-state index < -0.39 is 16.1 Å². The highest BCUT2D eigenvalue weighted by molar-refractivity contribution is 7.89. The highest BCUT2D eigenvalue weighted by atomic mass is 35.5. The molecular formula is C18H19ClN2O3S. The first-order valence-electron chi connectivity index (χ1n) is 8.07. The molecule has 0 aliphatic carbocycles. The Morgan fingerprint density at radius 2 is 1.92 bits per heavy atom. The zero-order valence-electron chi connectivity index (χ0n) is 13.6. The van der Waals surface area contributed by atoms with E-state index >= 15 is 0 Å². The molecule has 1 heterocycles. The minimum Gasteiger partial charge on any atom is -0.351 e. The summed E-state index contributed by atoms with van der Waals surface area (Å²) in [6.45, 7) is 0.668. The van der Waals surface area contributed by atoms with E-state index in [2.05, 4.69) is 5.32 Å². The van der Waals surface area contributed by atoms with Crippen molar-refractivity contribution in [2.75, 3.05) is 6.54 Å². The molecule has 1 N–H and O–H groups in total. The second-order valence-electron chi connectivity index (χ2n) is 5.93. The lowest BCUT2D eigenvalue weighted by atomic mass is 10.2. The van der Waals surface area contributed by atoms with Gasteiger partial charge in [-0.15, -0.1) is 0 Å². The molecule has 5 nitrogen and oxygen atoms in total. The molecule has 1 amide bonds. The van der Waals surface area contributed by atoms with Crippen molar-refractivity contribution in [3.8, 4) is 0 Å². The summed E-state index contributed by atoms with van der Waals surface area (Å²) >= 11 is 5.94. The Kier molecular flexibility index (Phi) is 5.42. The second kappa shape index (κ2) is 7.56. The van der Waals surface area contributed by atoms with Gasteiger partial charge in [0, 0.05) is 18.1 Å². The minimum absolute atomic E-state index is 0.213. The van der Waals surface area contributed by atoms with Gasteiger partial charge in [0.1, 0.15) is 6.04 Å². The number of nitrogens with one attached hydrogen (secondary N) is 1. The van der Waals surface area contributed by atoms with E-state index in [0.717, 1.165) is 5.56 Å². The molecule has 2 aromatic rings. The smallest absolute Gasteiger partial charge is 0.243 e. The molecule has 0 bridgehead atoms. The summed E-state index contributed by atoms with van der Waals surface area (Å²) in [5.74, 6) is -0.281. The van der Waals surface area contributed by atoms with Gasteiger partial charge in [-0.05, 0) is 42.7 Å². The van der Waals surface area contributed by atoms with E-state index in [9.17, 15) is 13.2 Å². The third-order valence-corrected chi connectivity index (χ3v) is 6.37. The van der Waals surface area contributed by atoms with Gasteiger partial charge in [0.25, 0.3) is 0 Å². The molecule has 1 atom stereocenters. The van der Waals surface area contributed by atoms with E-state index in [1.807, 2.05) is 12.1 Å². The van der Waals surface area contributed by atoms with Gasteiger partial charge in [-0.25, -0.2) is 8.42 Å². The fraction of sp³-hybridized carbons (Fsp3) is 0.278. The number of benzene rings is 2. The third kappa shape index (κ3) is 4.03. The number of sulfonamides is 1. The van der Waals surface area contributed by atoms with E-state index in [1.54, 1.807) is 42.5 Å². The zero-order valence-corrected chi connectivity index (χ0v) is 15.1. The number of carbonyl (C=O) groups is 1. The first-order valence-corrected chi connectivity index (χ1v) is 9.89. The fourth-order valence-electron chi connectivity index (χ4n) is 2.97. The number of rotatable bonds is 5. The molecule has 0 radical (unpaired) electrons. The van der Waals surface area contributed by atoms with Crippen molar-refractivity contribution in [2.45, 2.75) is 30.3 Å². The summed E-state index contributed by atoms with van der Waals surface area (Å²) in [7, 11) is -3.67. The molecule has 1 aliphatic heterocycles. The lowest BCUT2D eigenvalue weighted by Gasteiger charge is -2.23. The zero-order chi connectivity index (χ0) is 17.9. The van der Waals surface area contributed by atoms with Gasteiger partial charge in [0.15, 0.2) is 0 Å². The van der Waals surface area contributed by atoms with Crippen LogP contribution in [0, 0.1) is 0 Å². The lowest BCUT2D eigenvalue weighted by molar-refractivity contribution is -0.124. The molecule has 1 fully saturated rings. The molecule has 0 spiro atoms. The molecule has 1 unspecified atom stereocenters. The maximum Gasteiger partial charge on any atom is 0.243 e. The summed E-state index contributed by atoms with van der Waals surface area (Å²) < 4.78 is 26.9.